The van der Waals surface area contributed by atoms with Crippen LogP contribution in [0.25, 0.3) is 0 Å². The lowest BCUT2D eigenvalue weighted by atomic mass is 10.3. The molecule has 0 spiro atoms. The third-order valence-corrected chi connectivity index (χ3v) is 3.19. The molecule has 0 radical (unpaired) electrons. The van der Waals surface area contributed by atoms with E-state index in [1.165, 1.54) is 12.1 Å². The van der Waals surface area contributed by atoms with Crippen molar-refractivity contribution in [2.45, 2.75) is 4.90 Å². The first kappa shape index (κ1) is 12.3. The maximum absolute atomic E-state index is 11.6. The van der Waals surface area contributed by atoms with Crippen molar-refractivity contribution < 1.29 is 12.7 Å². The first-order valence-corrected chi connectivity index (χ1v) is 6.54. The Morgan fingerprint density at radius 2 is 1.39 bits per heavy atom. The summed E-state index contributed by atoms with van der Waals surface area (Å²) >= 11 is 0. The third-order valence-electron chi connectivity index (χ3n) is 2.08. The molecule has 92 valence electrons. The van der Waals surface area contributed by atoms with Crippen molar-refractivity contribution in [1.82, 2.24) is 0 Å². The number of hydrogen-bond donors (Lipinski definition) is 0. The highest BCUT2D eigenvalue weighted by Gasteiger charge is 2.14. The lowest BCUT2D eigenvalue weighted by Gasteiger charge is -1.99. The van der Waals surface area contributed by atoms with Crippen LogP contribution in [-0.2, 0) is 14.4 Å². The van der Waals surface area contributed by atoms with E-state index in [1.807, 2.05) is 6.07 Å². The van der Waals surface area contributed by atoms with Crippen molar-refractivity contribution in [2.75, 3.05) is 0 Å². The molecule has 0 aliphatic carbocycles. The molecule has 0 amide bonds. The minimum absolute atomic E-state index is 0.0389. The summed E-state index contributed by atoms with van der Waals surface area (Å²) in [5, 5.41) is 6.87. The van der Waals surface area contributed by atoms with E-state index in [1.54, 1.807) is 42.5 Å². The van der Waals surface area contributed by atoms with Crippen LogP contribution in [0.4, 0.5) is 5.69 Å². The maximum atomic E-state index is 11.6. The fourth-order valence-corrected chi connectivity index (χ4v) is 1.93. The van der Waals surface area contributed by atoms with Gasteiger partial charge in [0.15, 0.2) is 0 Å². The van der Waals surface area contributed by atoms with Gasteiger partial charge in [-0.3, -0.25) is 0 Å². The molecule has 0 aromatic heterocycles. The van der Waals surface area contributed by atoms with E-state index < -0.39 is 10.1 Å². The zero-order chi connectivity index (χ0) is 12.8. The third kappa shape index (κ3) is 3.14. The van der Waals surface area contributed by atoms with Crippen molar-refractivity contribution in [3.05, 3.63) is 60.7 Å². The summed E-state index contributed by atoms with van der Waals surface area (Å²) in [6, 6.07) is 16.5. The van der Waals surface area contributed by atoms with Crippen molar-refractivity contribution in [3.63, 3.8) is 0 Å². The van der Waals surface area contributed by atoms with Crippen LogP contribution >= 0.6 is 0 Å². The van der Waals surface area contributed by atoms with Crippen LogP contribution in [0.5, 0.6) is 0 Å². The van der Waals surface area contributed by atoms with Crippen LogP contribution in [0, 0.1) is 0 Å². The highest BCUT2D eigenvalue weighted by Crippen LogP contribution is 2.14. The molecule has 0 fully saturated rings. The van der Waals surface area contributed by atoms with E-state index in [-0.39, 0.29) is 4.90 Å². The summed E-state index contributed by atoms with van der Waals surface area (Å²) in [6.07, 6.45) is 0. The molecule has 0 saturated carbocycles. The fraction of sp³-hybridized carbons (Fsp3) is 0. The zero-order valence-electron chi connectivity index (χ0n) is 9.30. The van der Waals surface area contributed by atoms with Crippen LogP contribution in [0.2, 0.25) is 0 Å². The topological polar surface area (TPSA) is 68.1 Å². The second-order valence-electron chi connectivity index (χ2n) is 3.36. The standard InChI is InChI=1S/C12H10N2O3S/c15-18(16,12-9-5-2-6-10-12)17-14-13-11-7-3-1-4-8-11/h1-10H. The van der Waals surface area contributed by atoms with Crippen LogP contribution in [0.1, 0.15) is 0 Å². The van der Waals surface area contributed by atoms with Gasteiger partial charge in [0.2, 0.25) is 0 Å². The Hall–Kier alpha value is -2.21. The first-order valence-electron chi connectivity index (χ1n) is 5.13. The zero-order valence-corrected chi connectivity index (χ0v) is 10.1. The van der Waals surface area contributed by atoms with Crippen LogP contribution < -0.4 is 0 Å². The Bertz CT molecular complexity index is 625. The lowest BCUT2D eigenvalue weighted by Crippen LogP contribution is -2.01. The number of hydrogen-bond acceptors (Lipinski definition) is 5. The Morgan fingerprint density at radius 1 is 0.833 bits per heavy atom. The molecule has 0 N–H and O–H groups in total. The summed E-state index contributed by atoms with van der Waals surface area (Å²) in [7, 11) is -3.89. The number of nitrogens with zero attached hydrogens (tertiary/aromatic N) is 2. The van der Waals surface area contributed by atoms with Crippen LogP contribution in [0.15, 0.2) is 76.0 Å². The van der Waals surface area contributed by atoms with Gasteiger partial charge in [-0.05, 0) is 24.3 Å². The molecule has 2 aromatic rings. The second kappa shape index (κ2) is 5.42. The summed E-state index contributed by atoms with van der Waals surface area (Å²) in [6.45, 7) is 0. The van der Waals surface area contributed by atoms with Gasteiger partial charge in [-0.2, -0.15) is 8.42 Å². The molecule has 0 unspecified atom stereocenters. The molecule has 0 aliphatic heterocycles. The molecule has 18 heavy (non-hydrogen) atoms. The largest absolute Gasteiger partial charge is 0.359 e. The van der Waals surface area contributed by atoms with E-state index in [4.69, 9.17) is 0 Å². The van der Waals surface area contributed by atoms with Crippen molar-refractivity contribution in [3.8, 4) is 0 Å². The Kier molecular flexibility index (Phi) is 3.69. The Labute approximate surface area is 105 Å². The molecule has 0 aliphatic rings. The first-order chi connectivity index (χ1) is 8.68. The van der Waals surface area contributed by atoms with E-state index in [9.17, 15) is 8.42 Å². The van der Waals surface area contributed by atoms with Gasteiger partial charge < -0.3 is 0 Å². The summed E-state index contributed by atoms with van der Waals surface area (Å²) in [5.41, 5.74) is 0.515. The normalized spacial score (nSPS) is 11.6. The van der Waals surface area contributed by atoms with E-state index in [2.05, 4.69) is 14.7 Å². The van der Waals surface area contributed by atoms with Gasteiger partial charge in [-0.15, -0.1) is 5.11 Å². The van der Waals surface area contributed by atoms with E-state index in [0.29, 0.717) is 5.69 Å². The van der Waals surface area contributed by atoms with E-state index in [0.717, 1.165) is 0 Å². The summed E-state index contributed by atoms with van der Waals surface area (Å²) in [5.74, 6) is 0. The fourth-order valence-electron chi connectivity index (χ4n) is 1.23. The molecular weight excluding hydrogens is 252 g/mol. The van der Waals surface area contributed by atoms with Crippen LogP contribution in [-0.4, -0.2) is 8.42 Å². The van der Waals surface area contributed by atoms with Crippen molar-refractivity contribution >= 4 is 15.8 Å². The van der Waals surface area contributed by atoms with Crippen LogP contribution in [0.3, 0.4) is 0 Å². The Morgan fingerprint density at radius 3 is 2.00 bits per heavy atom. The predicted octanol–water partition coefficient (Wildman–Crippen LogP) is 3.09. The predicted molar refractivity (Wildman–Crippen MR) is 65.7 cm³/mol. The quantitative estimate of drug-likeness (QED) is 0.628. The molecular formula is C12H10N2O3S. The molecule has 0 heterocycles. The molecule has 2 rings (SSSR count). The molecule has 0 atom stereocenters. The molecule has 0 saturated heterocycles. The number of rotatable bonds is 4. The minimum Gasteiger partial charge on any atom is -0.244 e. The van der Waals surface area contributed by atoms with Crippen molar-refractivity contribution in [1.29, 1.82) is 0 Å². The van der Waals surface area contributed by atoms with Gasteiger partial charge in [-0.1, -0.05) is 36.4 Å². The second-order valence-corrected chi connectivity index (χ2v) is 4.89. The van der Waals surface area contributed by atoms with Crippen molar-refractivity contribution in [2.24, 2.45) is 10.4 Å². The molecule has 0 bridgehead atoms. The van der Waals surface area contributed by atoms with E-state index >= 15 is 0 Å². The monoisotopic (exact) mass is 262 g/mol. The average Bonchev–Trinajstić information content (AvgIpc) is 2.41. The lowest BCUT2D eigenvalue weighted by molar-refractivity contribution is 0.314. The molecule has 6 heteroatoms. The van der Waals surface area contributed by atoms with Gasteiger partial charge in [0, 0.05) is 5.28 Å². The number of benzene rings is 2. The highest BCUT2D eigenvalue weighted by molar-refractivity contribution is 7.86. The molecule has 2 aromatic carbocycles. The SMILES string of the molecule is O=S(=O)(ON=Nc1ccccc1)c1ccccc1. The highest BCUT2D eigenvalue weighted by atomic mass is 32.2. The molecule has 5 nitrogen and oxygen atoms in total. The Balaban J connectivity index is 2.09. The smallest absolute Gasteiger partial charge is 0.244 e. The average molecular weight is 262 g/mol. The van der Waals surface area contributed by atoms with Gasteiger partial charge >= 0.3 is 10.1 Å². The van der Waals surface area contributed by atoms with Gasteiger partial charge in [0.25, 0.3) is 0 Å². The van der Waals surface area contributed by atoms with Gasteiger partial charge in [0.05, 0.1) is 5.69 Å². The summed E-state index contributed by atoms with van der Waals surface area (Å²) < 4.78 is 27.7. The summed E-state index contributed by atoms with van der Waals surface area (Å²) in [4.78, 5) is 0.0389. The van der Waals surface area contributed by atoms with Gasteiger partial charge in [0.1, 0.15) is 4.90 Å². The maximum Gasteiger partial charge on any atom is 0.359 e. The minimum atomic E-state index is -3.89. The van der Waals surface area contributed by atoms with Gasteiger partial charge in [-0.25, -0.2) is 4.28 Å².